The van der Waals surface area contributed by atoms with E-state index in [4.69, 9.17) is 10.5 Å². The normalized spacial score (nSPS) is 14.1. The smallest absolute Gasteiger partial charge is 0.413 e. The summed E-state index contributed by atoms with van der Waals surface area (Å²) in [4.78, 5) is 24.3. The minimum atomic E-state index is -0.768. The van der Waals surface area contributed by atoms with Gasteiger partial charge in [0.15, 0.2) is 0 Å². The van der Waals surface area contributed by atoms with E-state index in [2.05, 4.69) is 38.2 Å². The van der Waals surface area contributed by atoms with Crippen molar-refractivity contribution in [1.82, 2.24) is 5.32 Å². The van der Waals surface area contributed by atoms with Crippen molar-refractivity contribution in [2.24, 2.45) is 5.73 Å². The van der Waals surface area contributed by atoms with Crippen molar-refractivity contribution in [3.63, 3.8) is 0 Å². The van der Waals surface area contributed by atoms with Gasteiger partial charge in [-0.25, -0.2) is 4.79 Å². The van der Waals surface area contributed by atoms with E-state index in [0.29, 0.717) is 5.75 Å². The van der Waals surface area contributed by atoms with Gasteiger partial charge in [0, 0.05) is 16.4 Å². The molecule has 29 heavy (non-hydrogen) atoms. The van der Waals surface area contributed by atoms with Crippen LogP contribution in [0.3, 0.4) is 0 Å². The first-order chi connectivity index (χ1) is 13.8. The third-order valence-corrected chi connectivity index (χ3v) is 7.84. The van der Waals surface area contributed by atoms with Crippen LogP contribution in [-0.2, 0) is 9.53 Å². The van der Waals surface area contributed by atoms with Crippen LogP contribution in [0, 0.1) is 0 Å². The van der Waals surface area contributed by atoms with E-state index >= 15 is 0 Å². The first kappa shape index (κ1) is 21.7. The summed E-state index contributed by atoms with van der Waals surface area (Å²) in [5.41, 5.74) is 10.4. The third kappa shape index (κ3) is 5.56. The highest BCUT2D eigenvalue weighted by atomic mass is 33.1. The van der Waals surface area contributed by atoms with E-state index in [1.807, 2.05) is 36.4 Å². The fourth-order valence-electron chi connectivity index (χ4n) is 3.19. The van der Waals surface area contributed by atoms with Gasteiger partial charge in [0.25, 0.3) is 0 Å². The molecule has 0 bridgehead atoms. The highest BCUT2D eigenvalue weighted by Crippen LogP contribution is 2.44. The summed E-state index contributed by atoms with van der Waals surface area (Å²) in [6, 6.07) is 15.4. The van der Waals surface area contributed by atoms with Gasteiger partial charge in [-0.1, -0.05) is 90.9 Å². The molecule has 0 radical (unpaired) electrons. The molecule has 2 aromatic rings. The number of hydrogen-bond acceptors (Lipinski definition) is 6. The molecule has 0 saturated heterocycles. The van der Waals surface area contributed by atoms with Crippen molar-refractivity contribution in [3.8, 4) is 11.1 Å². The predicted molar refractivity (Wildman–Crippen MR) is 121 cm³/mol. The van der Waals surface area contributed by atoms with Crippen LogP contribution in [0.2, 0.25) is 0 Å². The number of amides is 2. The molecular weight excluding hydrogens is 404 g/mol. The Morgan fingerprint density at radius 3 is 2.17 bits per heavy atom. The first-order valence-electron chi connectivity index (χ1n) is 9.48. The van der Waals surface area contributed by atoms with Gasteiger partial charge < -0.3 is 10.5 Å². The lowest BCUT2D eigenvalue weighted by Gasteiger charge is -2.18. The number of rotatable bonds is 6. The van der Waals surface area contributed by atoms with Crippen LogP contribution >= 0.6 is 21.6 Å². The molecule has 0 spiro atoms. The monoisotopic (exact) mass is 430 g/mol. The maximum absolute atomic E-state index is 12.1. The third-order valence-electron chi connectivity index (χ3n) is 4.46. The van der Waals surface area contributed by atoms with Gasteiger partial charge in [-0.15, -0.1) is 0 Å². The number of nitrogens with one attached hydrogen (secondary N) is 1. The minimum absolute atomic E-state index is 0.0457. The zero-order valence-electron chi connectivity index (χ0n) is 16.8. The highest BCUT2D eigenvalue weighted by molar-refractivity contribution is 8.77. The highest BCUT2D eigenvalue weighted by Gasteiger charge is 2.29. The topological polar surface area (TPSA) is 81.4 Å². The zero-order valence-corrected chi connectivity index (χ0v) is 18.4. The Morgan fingerprint density at radius 1 is 1.07 bits per heavy atom. The Labute approximate surface area is 179 Å². The number of ether oxygens (including phenoxy) is 1. The molecule has 0 saturated carbocycles. The summed E-state index contributed by atoms with van der Waals surface area (Å²) in [5, 5.41) is 2.25. The lowest BCUT2D eigenvalue weighted by atomic mass is 9.98. The molecule has 3 rings (SSSR count). The van der Waals surface area contributed by atoms with E-state index in [1.54, 1.807) is 10.8 Å². The summed E-state index contributed by atoms with van der Waals surface area (Å²) in [6.45, 7) is 6.43. The second-order valence-corrected chi connectivity index (χ2v) is 11.1. The van der Waals surface area contributed by atoms with Crippen LogP contribution in [0.25, 0.3) is 11.1 Å². The predicted octanol–water partition coefficient (Wildman–Crippen LogP) is 4.56. The van der Waals surface area contributed by atoms with Crippen LogP contribution in [0.5, 0.6) is 0 Å². The number of carbonyl (C=O) groups is 2. The molecule has 0 fully saturated rings. The fourth-order valence-corrected chi connectivity index (χ4v) is 5.61. The Balaban J connectivity index is 1.54. The average molecular weight is 431 g/mol. The van der Waals surface area contributed by atoms with Crippen molar-refractivity contribution in [1.29, 1.82) is 0 Å². The average Bonchev–Trinajstić information content (AvgIpc) is 2.99. The number of carbonyl (C=O) groups excluding carboxylic acids is 2. The standard InChI is InChI=1S/C22H26N2O3S2/c1-22(2,3)29-28-13-19(23)20(25)24-21(26)27-12-18-16-10-6-4-8-14(16)15-9-5-7-11-17(15)18/h4-11,18-19H,12-13,23H2,1-3H3,(H,24,25,26). The number of nitrogens with two attached hydrogens (primary N) is 1. The molecule has 1 aliphatic rings. The van der Waals surface area contributed by atoms with Gasteiger partial charge in [-0.05, 0) is 22.3 Å². The molecule has 1 atom stereocenters. The molecule has 1 unspecified atom stereocenters. The number of fused-ring (bicyclic) bond motifs is 3. The second kappa shape index (κ2) is 9.24. The number of imide groups is 1. The number of benzene rings is 2. The summed E-state index contributed by atoms with van der Waals surface area (Å²) >= 11 is 0. The molecule has 1 aliphatic carbocycles. The Bertz CT molecular complexity index is 850. The molecule has 3 N–H and O–H groups in total. The van der Waals surface area contributed by atoms with E-state index in [-0.39, 0.29) is 17.3 Å². The molecule has 154 valence electrons. The van der Waals surface area contributed by atoms with Crippen molar-refractivity contribution in [3.05, 3.63) is 59.7 Å². The molecule has 0 aliphatic heterocycles. The van der Waals surface area contributed by atoms with Gasteiger partial charge in [-0.2, -0.15) is 0 Å². The van der Waals surface area contributed by atoms with Crippen LogP contribution in [0.1, 0.15) is 37.8 Å². The number of alkyl carbamates (subject to hydrolysis) is 1. The van der Waals surface area contributed by atoms with Crippen LogP contribution in [0.4, 0.5) is 4.79 Å². The van der Waals surface area contributed by atoms with Crippen LogP contribution < -0.4 is 11.1 Å². The summed E-state index contributed by atoms with van der Waals surface area (Å²) < 4.78 is 5.46. The Kier molecular flexibility index (Phi) is 6.93. The maximum atomic E-state index is 12.1. The first-order valence-corrected chi connectivity index (χ1v) is 11.8. The maximum Gasteiger partial charge on any atom is 0.413 e. The summed E-state index contributed by atoms with van der Waals surface area (Å²) in [6.07, 6.45) is -0.763. The quantitative estimate of drug-likeness (QED) is 0.654. The lowest BCUT2D eigenvalue weighted by molar-refractivity contribution is -0.121. The van der Waals surface area contributed by atoms with Crippen LogP contribution in [-0.4, -0.2) is 35.1 Å². The number of hydrogen-bond donors (Lipinski definition) is 2. The Hall–Kier alpha value is -1.96. The van der Waals surface area contributed by atoms with Crippen molar-refractivity contribution < 1.29 is 14.3 Å². The van der Waals surface area contributed by atoms with E-state index in [9.17, 15) is 9.59 Å². The van der Waals surface area contributed by atoms with Crippen molar-refractivity contribution >= 4 is 33.6 Å². The summed E-state index contributed by atoms with van der Waals surface area (Å²) in [7, 11) is 3.17. The molecule has 0 heterocycles. The summed E-state index contributed by atoms with van der Waals surface area (Å²) in [5.74, 6) is -0.148. The van der Waals surface area contributed by atoms with Gasteiger partial charge >= 0.3 is 6.09 Å². The molecule has 5 nitrogen and oxygen atoms in total. The molecule has 0 aromatic heterocycles. The lowest BCUT2D eigenvalue weighted by Crippen LogP contribution is -2.45. The molecule has 2 amide bonds. The van der Waals surface area contributed by atoms with E-state index in [1.165, 1.54) is 10.8 Å². The van der Waals surface area contributed by atoms with Crippen molar-refractivity contribution in [2.45, 2.75) is 37.5 Å². The van der Waals surface area contributed by atoms with Crippen LogP contribution in [0.15, 0.2) is 48.5 Å². The van der Waals surface area contributed by atoms with E-state index in [0.717, 1.165) is 22.3 Å². The molecule has 2 aromatic carbocycles. The van der Waals surface area contributed by atoms with Gasteiger partial charge in [0.1, 0.15) is 6.61 Å². The Morgan fingerprint density at radius 2 is 1.62 bits per heavy atom. The van der Waals surface area contributed by atoms with Crippen molar-refractivity contribution in [2.75, 3.05) is 12.4 Å². The zero-order chi connectivity index (χ0) is 21.0. The van der Waals surface area contributed by atoms with E-state index < -0.39 is 18.0 Å². The second-order valence-electron chi connectivity index (χ2n) is 7.90. The minimum Gasteiger partial charge on any atom is -0.448 e. The molecule has 7 heteroatoms. The van der Waals surface area contributed by atoms with Gasteiger partial charge in [-0.3, -0.25) is 10.1 Å². The SMILES string of the molecule is CC(C)(C)SSCC(N)C(=O)NC(=O)OCC1c2ccccc2-c2ccccc21. The largest absolute Gasteiger partial charge is 0.448 e. The molecular formula is C22H26N2O3S2. The van der Waals surface area contributed by atoms with Gasteiger partial charge in [0.05, 0.1) is 6.04 Å². The fraction of sp³-hybridized carbons (Fsp3) is 0.364. The van der Waals surface area contributed by atoms with Gasteiger partial charge in [0.2, 0.25) is 5.91 Å².